The number of halogens is 2. The molecule has 2 aromatic rings. The molecule has 1 fully saturated rings. The third kappa shape index (κ3) is 3.73. The van der Waals surface area contributed by atoms with E-state index in [9.17, 15) is 5.11 Å². The van der Waals surface area contributed by atoms with Crippen molar-refractivity contribution >= 4 is 23.2 Å². The number of hydrogen-bond donors (Lipinski definition) is 1. The summed E-state index contributed by atoms with van der Waals surface area (Å²) >= 11 is 12.3. The van der Waals surface area contributed by atoms with Gasteiger partial charge in [-0.3, -0.25) is 0 Å². The van der Waals surface area contributed by atoms with Gasteiger partial charge in [-0.25, -0.2) is 9.67 Å². The first-order chi connectivity index (χ1) is 11.5. The van der Waals surface area contributed by atoms with Gasteiger partial charge < -0.3 is 14.6 Å². The highest BCUT2D eigenvalue weighted by molar-refractivity contribution is 6.35. The fourth-order valence-electron chi connectivity index (χ4n) is 2.94. The summed E-state index contributed by atoms with van der Waals surface area (Å²) in [7, 11) is 0. The number of benzene rings is 1. The molecule has 0 spiro atoms. The average molecular weight is 372 g/mol. The van der Waals surface area contributed by atoms with Gasteiger partial charge in [0.1, 0.15) is 19.4 Å². The Labute approximate surface area is 150 Å². The van der Waals surface area contributed by atoms with E-state index in [4.69, 9.17) is 32.7 Å². The average Bonchev–Trinajstić information content (AvgIpc) is 3.08. The summed E-state index contributed by atoms with van der Waals surface area (Å²) in [6.07, 6.45) is 2.76. The molecule has 6 nitrogen and oxygen atoms in total. The minimum atomic E-state index is -0.758. The highest BCUT2D eigenvalue weighted by atomic mass is 35.5. The maximum atomic E-state index is 11.1. The Hall–Kier alpha value is -1.18. The summed E-state index contributed by atoms with van der Waals surface area (Å²) in [5.74, 6) is 0. The Kier molecular flexibility index (Phi) is 5.42. The molecular formula is C16H19Cl2N3O3. The van der Waals surface area contributed by atoms with Gasteiger partial charge in [0, 0.05) is 15.5 Å². The smallest absolute Gasteiger partial charge is 0.146 e. The van der Waals surface area contributed by atoms with Crippen molar-refractivity contribution in [1.29, 1.82) is 0 Å². The quantitative estimate of drug-likeness (QED) is 0.874. The van der Waals surface area contributed by atoms with Crippen molar-refractivity contribution in [2.45, 2.75) is 25.5 Å². The lowest BCUT2D eigenvalue weighted by atomic mass is 9.80. The predicted molar refractivity (Wildman–Crippen MR) is 90.1 cm³/mol. The van der Waals surface area contributed by atoms with Crippen molar-refractivity contribution < 1.29 is 14.6 Å². The Morgan fingerprint density at radius 3 is 2.71 bits per heavy atom. The monoisotopic (exact) mass is 371 g/mol. The molecule has 1 aliphatic heterocycles. The first-order valence-corrected chi connectivity index (χ1v) is 8.37. The van der Waals surface area contributed by atoms with Crippen LogP contribution in [0, 0.1) is 5.41 Å². The van der Waals surface area contributed by atoms with Gasteiger partial charge >= 0.3 is 0 Å². The summed E-state index contributed by atoms with van der Waals surface area (Å²) in [5, 5.41) is 16.4. The van der Waals surface area contributed by atoms with Crippen molar-refractivity contribution in [2.75, 3.05) is 20.0 Å². The zero-order valence-electron chi connectivity index (χ0n) is 13.2. The van der Waals surface area contributed by atoms with Crippen molar-refractivity contribution in [2.24, 2.45) is 5.41 Å². The van der Waals surface area contributed by atoms with E-state index in [0.717, 1.165) is 5.56 Å². The van der Waals surface area contributed by atoms with Crippen LogP contribution in [0.15, 0.2) is 30.9 Å². The second kappa shape index (κ2) is 7.37. The van der Waals surface area contributed by atoms with Crippen LogP contribution in [-0.4, -0.2) is 46.0 Å². The second-order valence-corrected chi connectivity index (χ2v) is 7.14. The van der Waals surface area contributed by atoms with Gasteiger partial charge in [-0.1, -0.05) is 36.2 Å². The number of aliphatic hydroxyl groups excluding tert-OH is 1. The van der Waals surface area contributed by atoms with E-state index in [-0.39, 0.29) is 12.8 Å². The van der Waals surface area contributed by atoms with Crippen LogP contribution >= 0.6 is 23.2 Å². The van der Waals surface area contributed by atoms with E-state index >= 15 is 0 Å². The number of hydrogen-bond acceptors (Lipinski definition) is 5. The Morgan fingerprint density at radius 2 is 2.08 bits per heavy atom. The zero-order valence-corrected chi connectivity index (χ0v) is 14.7. The molecule has 0 saturated carbocycles. The lowest BCUT2D eigenvalue weighted by Gasteiger charge is -2.40. The van der Waals surface area contributed by atoms with Crippen LogP contribution in [0.5, 0.6) is 0 Å². The summed E-state index contributed by atoms with van der Waals surface area (Å²) in [4.78, 5) is 4.00. The highest BCUT2D eigenvalue weighted by Crippen LogP contribution is 2.35. The van der Waals surface area contributed by atoms with Crippen LogP contribution < -0.4 is 0 Å². The lowest BCUT2D eigenvalue weighted by Crippen LogP contribution is -2.48. The number of nitrogens with zero attached hydrogens (tertiary/aromatic N) is 3. The van der Waals surface area contributed by atoms with Crippen LogP contribution in [0.1, 0.15) is 18.5 Å². The van der Waals surface area contributed by atoms with Gasteiger partial charge in [-0.15, -0.1) is 0 Å². The van der Waals surface area contributed by atoms with Crippen LogP contribution in [0.4, 0.5) is 0 Å². The third-order valence-electron chi connectivity index (χ3n) is 4.33. The summed E-state index contributed by atoms with van der Waals surface area (Å²) in [6, 6.07) is 4.97. The van der Waals surface area contributed by atoms with E-state index in [2.05, 4.69) is 10.1 Å². The molecule has 1 aromatic carbocycles. The summed E-state index contributed by atoms with van der Waals surface area (Å²) in [6.45, 7) is 3.00. The van der Waals surface area contributed by atoms with E-state index < -0.39 is 11.5 Å². The van der Waals surface area contributed by atoms with E-state index in [1.807, 2.05) is 13.0 Å². The molecule has 0 aliphatic carbocycles. The SMILES string of the molecule is CC1(C(O)C(Cc2ccc(Cl)cc2Cl)n2cncn2)COCOC1. The van der Waals surface area contributed by atoms with Gasteiger partial charge in [-0.2, -0.15) is 5.10 Å². The zero-order chi connectivity index (χ0) is 17.2. The molecule has 3 rings (SSSR count). The van der Waals surface area contributed by atoms with E-state index in [1.165, 1.54) is 6.33 Å². The van der Waals surface area contributed by atoms with Crippen LogP contribution in [0.2, 0.25) is 10.0 Å². The molecule has 2 heterocycles. The Balaban J connectivity index is 1.89. The van der Waals surface area contributed by atoms with Gasteiger partial charge in [0.05, 0.1) is 25.4 Å². The number of aliphatic hydroxyl groups is 1. The van der Waals surface area contributed by atoms with Crippen molar-refractivity contribution in [3.63, 3.8) is 0 Å². The highest BCUT2D eigenvalue weighted by Gasteiger charge is 2.42. The molecule has 1 saturated heterocycles. The molecule has 2 atom stereocenters. The van der Waals surface area contributed by atoms with Gasteiger partial charge in [0.2, 0.25) is 0 Å². The molecule has 130 valence electrons. The molecule has 8 heteroatoms. The Bertz CT molecular complexity index is 675. The van der Waals surface area contributed by atoms with Crippen LogP contribution in [0.25, 0.3) is 0 Å². The standard InChI is InChI=1S/C16H19Cl2N3O3/c1-16(6-23-10-24-7-16)15(22)14(21-9-19-8-20-21)4-11-2-3-12(17)5-13(11)18/h2-3,5,8-9,14-15,22H,4,6-7,10H2,1H3. The summed E-state index contributed by atoms with van der Waals surface area (Å²) < 4.78 is 12.4. The van der Waals surface area contributed by atoms with Crippen LogP contribution in [0.3, 0.4) is 0 Å². The van der Waals surface area contributed by atoms with Gasteiger partial charge in [0.15, 0.2) is 0 Å². The molecule has 0 radical (unpaired) electrons. The second-order valence-electron chi connectivity index (χ2n) is 6.30. The lowest BCUT2D eigenvalue weighted by molar-refractivity contribution is -0.196. The van der Waals surface area contributed by atoms with Gasteiger partial charge in [-0.05, 0) is 24.1 Å². The molecule has 24 heavy (non-hydrogen) atoms. The number of rotatable bonds is 5. The largest absolute Gasteiger partial charge is 0.390 e. The fourth-order valence-corrected chi connectivity index (χ4v) is 3.42. The number of ether oxygens (including phenoxy) is 2. The first kappa shape index (κ1) is 17.6. The fraction of sp³-hybridized carbons (Fsp3) is 0.500. The van der Waals surface area contributed by atoms with Crippen molar-refractivity contribution in [3.8, 4) is 0 Å². The molecule has 1 aliphatic rings. The number of aromatic nitrogens is 3. The molecule has 0 amide bonds. The molecule has 0 bridgehead atoms. The van der Waals surface area contributed by atoms with E-state index in [0.29, 0.717) is 29.7 Å². The molecule has 1 N–H and O–H groups in total. The van der Waals surface area contributed by atoms with E-state index in [1.54, 1.807) is 23.1 Å². The van der Waals surface area contributed by atoms with Crippen LogP contribution in [-0.2, 0) is 15.9 Å². The molecular weight excluding hydrogens is 353 g/mol. The normalized spacial score (nSPS) is 19.8. The maximum Gasteiger partial charge on any atom is 0.146 e. The first-order valence-electron chi connectivity index (χ1n) is 7.61. The Morgan fingerprint density at radius 1 is 1.33 bits per heavy atom. The molecule has 2 unspecified atom stereocenters. The van der Waals surface area contributed by atoms with Crippen molar-refractivity contribution in [3.05, 3.63) is 46.5 Å². The van der Waals surface area contributed by atoms with Crippen molar-refractivity contribution in [1.82, 2.24) is 14.8 Å². The predicted octanol–water partition coefficient (Wildman–Crippen LogP) is 2.74. The maximum absolute atomic E-state index is 11.1. The summed E-state index contributed by atoms with van der Waals surface area (Å²) in [5.41, 5.74) is 0.329. The van der Waals surface area contributed by atoms with Gasteiger partial charge in [0.25, 0.3) is 0 Å². The minimum Gasteiger partial charge on any atom is -0.390 e. The molecule has 1 aromatic heterocycles. The minimum absolute atomic E-state index is 0.249. The topological polar surface area (TPSA) is 69.4 Å². The third-order valence-corrected chi connectivity index (χ3v) is 4.92.